The summed E-state index contributed by atoms with van der Waals surface area (Å²) in [6.07, 6.45) is 2.96. The van der Waals surface area contributed by atoms with E-state index in [9.17, 15) is 18.5 Å². The Kier molecular flexibility index (Phi) is 4.14. The third kappa shape index (κ3) is 3.40. The fourth-order valence-electron chi connectivity index (χ4n) is 2.76. The lowest BCUT2D eigenvalue weighted by Gasteiger charge is -2.08. The third-order valence-electron chi connectivity index (χ3n) is 3.97. The first-order valence-electron chi connectivity index (χ1n) is 7.30. The molecule has 120 valence electrons. The summed E-state index contributed by atoms with van der Waals surface area (Å²) in [5, 5.41) is 10.8. The van der Waals surface area contributed by atoms with Crippen molar-refractivity contribution in [2.45, 2.75) is 30.7 Å². The summed E-state index contributed by atoms with van der Waals surface area (Å²) in [6.45, 7) is 0.0150. The second-order valence-electron chi connectivity index (χ2n) is 5.54. The zero-order valence-electron chi connectivity index (χ0n) is 12.4. The van der Waals surface area contributed by atoms with Gasteiger partial charge >= 0.3 is 0 Å². The van der Waals surface area contributed by atoms with Gasteiger partial charge in [0.25, 0.3) is 5.69 Å². The molecule has 2 aromatic rings. The highest BCUT2D eigenvalue weighted by Crippen LogP contribution is 2.24. The van der Waals surface area contributed by atoms with Gasteiger partial charge in [-0.3, -0.25) is 10.1 Å². The van der Waals surface area contributed by atoms with Gasteiger partial charge in [0.05, 0.1) is 9.82 Å². The average molecular weight is 332 g/mol. The van der Waals surface area contributed by atoms with E-state index in [1.54, 1.807) is 18.2 Å². The van der Waals surface area contributed by atoms with Crippen LogP contribution in [0, 0.1) is 10.1 Å². The van der Waals surface area contributed by atoms with E-state index in [4.69, 9.17) is 0 Å². The van der Waals surface area contributed by atoms with Crippen molar-refractivity contribution in [3.63, 3.8) is 0 Å². The molecule has 0 atom stereocenters. The molecule has 23 heavy (non-hydrogen) atoms. The summed E-state index contributed by atoms with van der Waals surface area (Å²) in [5.74, 6) is 0. The number of sulfonamides is 1. The van der Waals surface area contributed by atoms with Crippen LogP contribution in [0.1, 0.15) is 23.1 Å². The predicted molar refractivity (Wildman–Crippen MR) is 85.6 cm³/mol. The van der Waals surface area contributed by atoms with Gasteiger partial charge in [0, 0.05) is 18.7 Å². The van der Waals surface area contributed by atoms with Crippen LogP contribution in [0.15, 0.2) is 47.4 Å². The molecule has 2 aromatic carbocycles. The highest BCUT2D eigenvalue weighted by Gasteiger charge is 2.18. The number of hydrogen-bond acceptors (Lipinski definition) is 4. The molecule has 0 amide bonds. The highest BCUT2D eigenvalue weighted by molar-refractivity contribution is 7.89. The fourth-order valence-corrected chi connectivity index (χ4v) is 3.82. The minimum absolute atomic E-state index is 0.0150. The zero-order valence-corrected chi connectivity index (χ0v) is 13.2. The summed E-state index contributed by atoms with van der Waals surface area (Å²) < 4.78 is 27.3. The molecule has 0 unspecified atom stereocenters. The molecule has 3 rings (SSSR count). The number of hydrogen-bond donors (Lipinski definition) is 1. The maximum absolute atomic E-state index is 12.4. The van der Waals surface area contributed by atoms with Gasteiger partial charge in [0.1, 0.15) is 0 Å². The van der Waals surface area contributed by atoms with Crippen molar-refractivity contribution in [2.75, 3.05) is 0 Å². The number of non-ortho nitro benzene ring substituents is 1. The molecule has 0 saturated heterocycles. The van der Waals surface area contributed by atoms with Crippen LogP contribution in [0.2, 0.25) is 0 Å². The van der Waals surface area contributed by atoms with E-state index in [1.807, 2.05) is 6.07 Å². The van der Waals surface area contributed by atoms with E-state index < -0.39 is 14.9 Å². The van der Waals surface area contributed by atoms with Crippen molar-refractivity contribution >= 4 is 15.7 Å². The largest absolute Gasteiger partial charge is 0.269 e. The van der Waals surface area contributed by atoms with Crippen molar-refractivity contribution in [1.82, 2.24) is 4.72 Å². The lowest BCUT2D eigenvalue weighted by atomic mass is 10.1. The quantitative estimate of drug-likeness (QED) is 0.673. The summed E-state index contributed by atoms with van der Waals surface area (Å²) in [5.41, 5.74) is 2.79. The number of benzene rings is 2. The molecule has 0 aromatic heterocycles. The number of nitro benzene ring substituents is 1. The Morgan fingerprint density at radius 3 is 2.65 bits per heavy atom. The SMILES string of the molecule is O=[N+]([O-])c1cccc(CNS(=O)(=O)c2ccc3c(c2)CCC3)c1. The van der Waals surface area contributed by atoms with Crippen LogP contribution in [0.25, 0.3) is 0 Å². The first-order chi connectivity index (χ1) is 11.0. The molecule has 0 spiro atoms. The van der Waals surface area contributed by atoms with Crippen LogP contribution in [0.3, 0.4) is 0 Å². The van der Waals surface area contributed by atoms with Gasteiger partial charge in [-0.05, 0) is 48.1 Å². The van der Waals surface area contributed by atoms with E-state index in [1.165, 1.54) is 23.8 Å². The Labute approximate surface area is 134 Å². The van der Waals surface area contributed by atoms with Crippen LogP contribution >= 0.6 is 0 Å². The molecule has 6 nitrogen and oxygen atoms in total. The van der Waals surface area contributed by atoms with Crippen molar-refractivity contribution in [2.24, 2.45) is 0 Å². The maximum Gasteiger partial charge on any atom is 0.269 e. The van der Waals surface area contributed by atoms with Crippen molar-refractivity contribution < 1.29 is 13.3 Å². The van der Waals surface area contributed by atoms with Crippen molar-refractivity contribution in [3.05, 3.63) is 69.3 Å². The minimum Gasteiger partial charge on any atom is -0.258 e. The van der Waals surface area contributed by atoms with Gasteiger partial charge in [0.15, 0.2) is 0 Å². The molecule has 1 aliphatic carbocycles. The summed E-state index contributed by atoms with van der Waals surface area (Å²) in [7, 11) is -3.63. The van der Waals surface area contributed by atoms with E-state index in [-0.39, 0.29) is 17.1 Å². The van der Waals surface area contributed by atoms with Crippen molar-refractivity contribution in [3.8, 4) is 0 Å². The summed E-state index contributed by atoms with van der Waals surface area (Å²) in [6, 6.07) is 11.1. The highest BCUT2D eigenvalue weighted by atomic mass is 32.2. The smallest absolute Gasteiger partial charge is 0.258 e. The molecule has 0 bridgehead atoms. The topological polar surface area (TPSA) is 89.3 Å². The van der Waals surface area contributed by atoms with Gasteiger partial charge in [0.2, 0.25) is 10.0 Å². The van der Waals surface area contributed by atoms with Gasteiger partial charge < -0.3 is 0 Å². The Balaban J connectivity index is 1.76. The normalized spacial score (nSPS) is 13.7. The standard InChI is InChI=1S/C16H16N2O4S/c19-18(20)15-6-1-3-12(9-15)11-17-23(21,22)16-8-7-13-4-2-5-14(13)10-16/h1,3,6-10,17H,2,4-5,11H2. The van der Waals surface area contributed by atoms with Crippen LogP contribution in [-0.2, 0) is 29.4 Å². The van der Waals surface area contributed by atoms with Gasteiger partial charge in [-0.1, -0.05) is 18.2 Å². The minimum atomic E-state index is -3.63. The number of fused-ring (bicyclic) bond motifs is 1. The Hall–Kier alpha value is -2.25. The first kappa shape index (κ1) is 15.6. The van der Waals surface area contributed by atoms with Crippen LogP contribution < -0.4 is 4.72 Å². The molecule has 0 radical (unpaired) electrons. The maximum atomic E-state index is 12.4. The van der Waals surface area contributed by atoms with Gasteiger partial charge in [-0.25, -0.2) is 13.1 Å². The summed E-state index contributed by atoms with van der Waals surface area (Å²) >= 11 is 0. The number of nitrogens with zero attached hydrogens (tertiary/aromatic N) is 1. The Morgan fingerprint density at radius 1 is 1.09 bits per heavy atom. The molecular weight excluding hydrogens is 316 g/mol. The molecule has 0 saturated carbocycles. The summed E-state index contributed by atoms with van der Waals surface area (Å²) in [4.78, 5) is 10.5. The molecular formula is C16H16N2O4S. The molecule has 0 aliphatic heterocycles. The average Bonchev–Trinajstić information content (AvgIpc) is 3.01. The molecule has 0 fully saturated rings. The van der Waals surface area contributed by atoms with Gasteiger partial charge in [-0.2, -0.15) is 0 Å². The second kappa shape index (κ2) is 6.10. The van der Waals surface area contributed by atoms with E-state index in [0.717, 1.165) is 24.8 Å². The Bertz CT molecular complexity index is 862. The van der Waals surface area contributed by atoms with Crippen LogP contribution in [-0.4, -0.2) is 13.3 Å². The second-order valence-corrected chi connectivity index (χ2v) is 7.30. The van der Waals surface area contributed by atoms with E-state index in [2.05, 4.69) is 4.72 Å². The lowest BCUT2D eigenvalue weighted by Crippen LogP contribution is -2.23. The molecule has 0 heterocycles. The Morgan fingerprint density at radius 2 is 1.87 bits per heavy atom. The van der Waals surface area contributed by atoms with Crippen LogP contribution in [0.5, 0.6) is 0 Å². The number of nitrogens with one attached hydrogen (secondary N) is 1. The van der Waals surface area contributed by atoms with Gasteiger partial charge in [-0.15, -0.1) is 0 Å². The van der Waals surface area contributed by atoms with Crippen LogP contribution in [0.4, 0.5) is 5.69 Å². The molecule has 1 aliphatic rings. The molecule has 7 heteroatoms. The molecule has 1 N–H and O–H groups in total. The number of nitro groups is 1. The zero-order chi connectivity index (χ0) is 16.4. The van der Waals surface area contributed by atoms with E-state index >= 15 is 0 Å². The monoisotopic (exact) mass is 332 g/mol. The number of aryl methyl sites for hydroxylation is 2. The predicted octanol–water partition coefficient (Wildman–Crippen LogP) is 2.56. The van der Waals surface area contributed by atoms with Crippen molar-refractivity contribution in [1.29, 1.82) is 0 Å². The third-order valence-corrected chi connectivity index (χ3v) is 5.37. The first-order valence-corrected chi connectivity index (χ1v) is 8.79. The van der Waals surface area contributed by atoms with E-state index in [0.29, 0.717) is 5.56 Å². The number of rotatable bonds is 5. The fraction of sp³-hybridized carbons (Fsp3) is 0.250. The lowest BCUT2D eigenvalue weighted by molar-refractivity contribution is -0.384.